The van der Waals surface area contributed by atoms with Crippen molar-refractivity contribution in [3.8, 4) is 5.75 Å². The summed E-state index contributed by atoms with van der Waals surface area (Å²) in [5.74, 6) is 0.383. The summed E-state index contributed by atoms with van der Waals surface area (Å²) < 4.78 is 31.8. The molecule has 2 aromatic carbocycles. The molecule has 1 aliphatic heterocycles. The molecule has 6 nitrogen and oxygen atoms in total. The lowest BCUT2D eigenvalue weighted by Crippen LogP contribution is -2.45. The van der Waals surface area contributed by atoms with Crippen LogP contribution in [0.2, 0.25) is 0 Å². The van der Waals surface area contributed by atoms with Gasteiger partial charge < -0.3 is 10.1 Å². The molecule has 0 saturated heterocycles. The van der Waals surface area contributed by atoms with Gasteiger partial charge in [-0.15, -0.1) is 0 Å². The Hall–Kier alpha value is -2.54. The van der Waals surface area contributed by atoms with Crippen molar-refractivity contribution < 1.29 is 17.9 Å². The minimum absolute atomic E-state index is 0.245. The minimum atomic E-state index is -3.61. The van der Waals surface area contributed by atoms with Crippen molar-refractivity contribution >= 4 is 21.6 Å². The van der Waals surface area contributed by atoms with Gasteiger partial charge in [-0.2, -0.15) is 0 Å². The summed E-state index contributed by atoms with van der Waals surface area (Å²) in [5.41, 5.74) is 1.77. The normalized spacial score (nSPS) is 17.9. The van der Waals surface area contributed by atoms with Crippen molar-refractivity contribution in [2.45, 2.75) is 38.8 Å². The fourth-order valence-electron chi connectivity index (χ4n) is 3.53. The maximum Gasteiger partial charge on any atom is 0.241 e. The van der Waals surface area contributed by atoms with Gasteiger partial charge in [0.25, 0.3) is 0 Å². The largest absolute Gasteiger partial charge is 0.487 e. The van der Waals surface area contributed by atoms with Crippen LogP contribution in [0.4, 0.5) is 5.69 Å². The lowest BCUT2D eigenvalue weighted by Gasteiger charge is -2.38. The van der Waals surface area contributed by atoms with Crippen LogP contribution >= 0.6 is 0 Å². The molecule has 0 bridgehead atoms. The summed E-state index contributed by atoms with van der Waals surface area (Å²) in [6.45, 7) is 5.49. The Morgan fingerprint density at radius 2 is 1.82 bits per heavy atom. The number of hydrogen-bond donors (Lipinski definition) is 1. The van der Waals surface area contributed by atoms with Crippen LogP contribution in [0.15, 0.2) is 48.5 Å². The number of rotatable bonds is 5. The highest BCUT2D eigenvalue weighted by Gasteiger charge is 2.35. The zero-order valence-corrected chi connectivity index (χ0v) is 17.4. The molecule has 1 atom stereocenters. The second-order valence-corrected chi connectivity index (χ2v) is 9.69. The molecule has 2 aromatic rings. The predicted molar refractivity (Wildman–Crippen MR) is 110 cm³/mol. The van der Waals surface area contributed by atoms with Crippen LogP contribution in [0.5, 0.6) is 5.75 Å². The molecule has 0 radical (unpaired) electrons. The van der Waals surface area contributed by atoms with Gasteiger partial charge in [0.2, 0.25) is 15.9 Å². The number of carbonyl (C=O) groups is 1. The van der Waals surface area contributed by atoms with Gasteiger partial charge in [-0.3, -0.25) is 9.10 Å². The van der Waals surface area contributed by atoms with E-state index in [-0.39, 0.29) is 18.5 Å². The summed E-state index contributed by atoms with van der Waals surface area (Å²) in [6, 6.07) is 14.5. The number of nitrogens with zero attached hydrogens (tertiary/aromatic N) is 1. The van der Waals surface area contributed by atoms with E-state index in [4.69, 9.17) is 4.74 Å². The van der Waals surface area contributed by atoms with E-state index in [1.165, 1.54) is 0 Å². The maximum atomic E-state index is 12.8. The van der Waals surface area contributed by atoms with Gasteiger partial charge in [-0.05, 0) is 38.5 Å². The quantitative estimate of drug-likeness (QED) is 0.833. The highest BCUT2D eigenvalue weighted by molar-refractivity contribution is 7.92. The molecule has 1 unspecified atom stereocenters. The van der Waals surface area contributed by atoms with Crippen molar-refractivity contribution in [1.82, 2.24) is 5.32 Å². The van der Waals surface area contributed by atoms with Crippen molar-refractivity contribution in [2.24, 2.45) is 0 Å². The molecule has 0 spiro atoms. The molecule has 3 rings (SSSR count). The fraction of sp³-hybridized carbons (Fsp3) is 0.381. The van der Waals surface area contributed by atoms with E-state index in [2.05, 4.69) is 5.32 Å². The molecule has 1 heterocycles. The van der Waals surface area contributed by atoms with Crippen LogP contribution < -0.4 is 14.4 Å². The number of carbonyl (C=O) groups excluding carboxylic acids is 1. The smallest absolute Gasteiger partial charge is 0.241 e. The molecule has 1 aliphatic rings. The zero-order valence-electron chi connectivity index (χ0n) is 16.6. The number of anilines is 1. The molecule has 28 heavy (non-hydrogen) atoms. The lowest BCUT2D eigenvalue weighted by molar-refractivity contribution is -0.120. The first-order valence-corrected chi connectivity index (χ1v) is 11.0. The second-order valence-electron chi connectivity index (χ2n) is 7.78. The fourth-order valence-corrected chi connectivity index (χ4v) is 4.44. The first kappa shape index (κ1) is 20.2. The van der Waals surface area contributed by atoms with E-state index < -0.39 is 15.6 Å². The van der Waals surface area contributed by atoms with E-state index in [1.54, 1.807) is 12.1 Å². The molecule has 0 fully saturated rings. The molecule has 7 heteroatoms. The van der Waals surface area contributed by atoms with Crippen LogP contribution in [0.25, 0.3) is 0 Å². The third-order valence-corrected chi connectivity index (χ3v) is 5.91. The Bertz CT molecular complexity index is 985. The Morgan fingerprint density at radius 3 is 2.50 bits per heavy atom. The number of hydrogen-bond acceptors (Lipinski definition) is 4. The zero-order chi connectivity index (χ0) is 20.5. The molecule has 1 N–H and O–H groups in total. The van der Waals surface area contributed by atoms with E-state index in [0.717, 1.165) is 27.4 Å². The summed E-state index contributed by atoms with van der Waals surface area (Å²) in [7, 11) is -3.61. The molecule has 0 aliphatic carbocycles. The number of ether oxygens (including phenoxy) is 1. The number of benzene rings is 2. The maximum absolute atomic E-state index is 12.8. The van der Waals surface area contributed by atoms with Gasteiger partial charge in [0, 0.05) is 12.0 Å². The van der Waals surface area contributed by atoms with E-state index in [0.29, 0.717) is 12.1 Å². The van der Waals surface area contributed by atoms with Gasteiger partial charge in [-0.1, -0.05) is 36.4 Å². The minimum Gasteiger partial charge on any atom is -0.487 e. The Balaban J connectivity index is 1.83. The summed E-state index contributed by atoms with van der Waals surface area (Å²) >= 11 is 0. The predicted octanol–water partition coefficient (Wildman–Crippen LogP) is 3.18. The van der Waals surface area contributed by atoms with Crippen molar-refractivity contribution in [1.29, 1.82) is 0 Å². The molecule has 0 aromatic heterocycles. The first-order chi connectivity index (χ1) is 13.1. The van der Waals surface area contributed by atoms with Gasteiger partial charge in [-0.25, -0.2) is 8.42 Å². The molecule has 150 valence electrons. The van der Waals surface area contributed by atoms with Crippen LogP contribution in [-0.4, -0.2) is 32.7 Å². The monoisotopic (exact) mass is 402 g/mol. The van der Waals surface area contributed by atoms with Crippen LogP contribution in [0, 0.1) is 6.92 Å². The van der Waals surface area contributed by atoms with Gasteiger partial charge in [0.15, 0.2) is 0 Å². The number of para-hydroxylation sites is 2. The molecular formula is C21H26N2O4S. The summed E-state index contributed by atoms with van der Waals surface area (Å²) in [6.07, 6.45) is 1.71. The number of amides is 1. The van der Waals surface area contributed by atoms with Crippen LogP contribution in [0.3, 0.4) is 0 Å². The highest BCUT2D eigenvalue weighted by Crippen LogP contribution is 2.39. The first-order valence-electron chi connectivity index (χ1n) is 9.17. The third-order valence-electron chi connectivity index (χ3n) is 4.78. The number of sulfonamides is 1. The Morgan fingerprint density at radius 1 is 1.18 bits per heavy atom. The third kappa shape index (κ3) is 4.47. The summed E-state index contributed by atoms with van der Waals surface area (Å²) in [4.78, 5) is 12.8. The van der Waals surface area contributed by atoms with E-state index in [9.17, 15) is 13.2 Å². The molecular weight excluding hydrogens is 376 g/mol. The average Bonchev–Trinajstić information content (AvgIpc) is 2.58. The van der Waals surface area contributed by atoms with Crippen molar-refractivity contribution in [2.75, 3.05) is 17.1 Å². The van der Waals surface area contributed by atoms with E-state index in [1.807, 2.05) is 57.2 Å². The molecule has 0 saturated carbocycles. The Kier molecular flexibility index (Phi) is 5.39. The topological polar surface area (TPSA) is 75.7 Å². The van der Waals surface area contributed by atoms with Gasteiger partial charge >= 0.3 is 0 Å². The van der Waals surface area contributed by atoms with Crippen LogP contribution in [0.1, 0.15) is 37.4 Å². The van der Waals surface area contributed by atoms with Crippen molar-refractivity contribution in [3.05, 3.63) is 59.7 Å². The number of aryl methyl sites for hydroxylation is 1. The highest BCUT2D eigenvalue weighted by atomic mass is 32.2. The standard InChI is InChI=1S/C21H26N2O4S/c1-15-9-5-7-11-18(15)23(28(4,25)26)14-20(24)22-17-13-21(2,3)27-19-12-8-6-10-16(17)19/h5-12,17H,13-14H2,1-4H3,(H,22,24). The van der Waals surface area contributed by atoms with Crippen LogP contribution in [-0.2, 0) is 14.8 Å². The second kappa shape index (κ2) is 7.47. The average molecular weight is 403 g/mol. The number of nitrogens with one attached hydrogen (secondary N) is 1. The molecule has 1 amide bonds. The summed E-state index contributed by atoms with van der Waals surface area (Å²) in [5, 5.41) is 3.00. The van der Waals surface area contributed by atoms with E-state index >= 15 is 0 Å². The van der Waals surface area contributed by atoms with Crippen molar-refractivity contribution in [3.63, 3.8) is 0 Å². The Labute approximate surface area is 166 Å². The van der Waals surface area contributed by atoms with Gasteiger partial charge in [0.05, 0.1) is 18.0 Å². The number of fused-ring (bicyclic) bond motifs is 1. The van der Waals surface area contributed by atoms with Gasteiger partial charge in [0.1, 0.15) is 17.9 Å². The SMILES string of the molecule is Cc1ccccc1N(CC(=O)NC1CC(C)(C)Oc2ccccc21)S(C)(=O)=O. The lowest BCUT2D eigenvalue weighted by atomic mass is 9.89.